The van der Waals surface area contributed by atoms with Gasteiger partial charge >= 0.3 is 0 Å². The summed E-state index contributed by atoms with van der Waals surface area (Å²) in [5.74, 6) is 0. The predicted octanol–water partition coefficient (Wildman–Crippen LogP) is 4.08. The molecule has 0 aliphatic heterocycles. The summed E-state index contributed by atoms with van der Waals surface area (Å²) in [5.41, 5.74) is 9.83. The van der Waals surface area contributed by atoms with E-state index in [1.165, 1.54) is 9.13 Å². The standard InChI is InChI=1S/C17H15IN2/c18-13-8-6-12(7-9-13)11-16(19)14-3-1-5-17-15(14)4-2-10-20-17/h1-10,16H,11,19H2. The number of hydrogen-bond donors (Lipinski definition) is 1. The van der Waals surface area contributed by atoms with Gasteiger partial charge in [-0.25, -0.2) is 0 Å². The summed E-state index contributed by atoms with van der Waals surface area (Å²) in [6, 6.07) is 18.7. The first-order valence-electron chi connectivity index (χ1n) is 6.58. The zero-order valence-electron chi connectivity index (χ0n) is 11.0. The fraction of sp³-hybridized carbons (Fsp3) is 0.118. The van der Waals surface area contributed by atoms with Gasteiger partial charge in [0.2, 0.25) is 0 Å². The highest BCUT2D eigenvalue weighted by Crippen LogP contribution is 2.24. The molecule has 3 heteroatoms. The molecular weight excluding hydrogens is 359 g/mol. The van der Waals surface area contributed by atoms with Gasteiger partial charge in [-0.3, -0.25) is 4.98 Å². The van der Waals surface area contributed by atoms with Crippen molar-refractivity contribution in [3.05, 3.63) is 75.5 Å². The highest BCUT2D eigenvalue weighted by molar-refractivity contribution is 14.1. The van der Waals surface area contributed by atoms with Gasteiger partial charge in [-0.2, -0.15) is 0 Å². The molecule has 1 heterocycles. The first-order valence-corrected chi connectivity index (χ1v) is 7.65. The number of hydrogen-bond acceptors (Lipinski definition) is 2. The van der Waals surface area contributed by atoms with Gasteiger partial charge in [0, 0.05) is 21.2 Å². The van der Waals surface area contributed by atoms with Gasteiger partial charge < -0.3 is 5.73 Å². The lowest BCUT2D eigenvalue weighted by Crippen LogP contribution is -2.13. The molecule has 1 aromatic heterocycles. The van der Waals surface area contributed by atoms with Gasteiger partial charge in [-0.15, -0.1) is 0 Å². The molecule has 1 unspecified atom stereocenters. The molecule has 100 valence electrons. The number of rotatable bonds is 3. The van der Waals surface area contributed by atoms with Crippen LogP contribution >= 0.6 is 22.6 Å². The summed E-state index contributed by atoms with van der Waals surface area (Å²) >= 11 is 2.31. The number of aromatic nitrogens is 1. The second-order valence-electron chi connectivity index (χ2n) is 4.85. The van der Waals surface area contributed by atoms with Crippen LogP contribution in [0.2, 0.25) is 0 Å². The minimum absolute atomic E-state index is 0.0111. The second-order valence-corrected chi connectivity index (χ2v) is 6.10. The first kappa shape index (κ1) is 13.5. The average molecular weight is 374 g/mol. The summed E-state index contributed by atoms with van der Waals surface area (Å²) in [6.07, 6.45) is 2.65. The van der Waals surface area contributed by atoms with Gasteiger partial charge in [0.15, 0.2) is 0 Å². The molecule has 2 nitrogen and oxygen atoms in total. The lowest BCUT2D eigenvalue weighted by Gasteiger charge is -2.14. The van der Waals surface area contributed by atoms with E-state index in [2.05, 4.69) is 64.0 Å². The Labute approximate surface area is 132 Å². The van der Waals surface area contributed by atoms with Gasteiger partial charge in [0.1, 0.15) is 0 Å². The van der Waals surface area contributed by atoms with Crippen molar-refractivity contribution < 1.29 is 0 Å². The molecular formula is C17H15IN2. The van der Waals surface area contributed by atoms with E-state index in [9.17, 15) is 0 Å². The fourth-order valence-electron chi connectivity index (χ4n) is 2.43. The summed E-state index contributed by atoms with van der Waals surface area (Å²) < 4.78 is 1.24. The van der Waals surface area contributed by atoms with E-state index >= 15 is 0 Å². The molecule has 0 saturated carbocycles. The molecule has 0 aliphatic carbocycles. The zero-order valence-corrected chi connectivity index (χ0v) is 13.1. The van der Waals surface area contributed by atoms with Gasteiger partial charge in [0.05, 0.1) is 5.52 Å². The largest absolute Gasteiger partial charge is 0.324 e. The van der Waals surface area contributed by atoms with E-state index in [-0.39, 0.29) is 6.04 Å². The molecule has 1 atom stereocenters. The van der Waals surface area contributed by atoms with Crippen molar-refractivity contribution in [1.29, 1.82) is 0 Å². The van der Waals surface area contributed by atoms with E-state index in [0.29, 0.717) is 0 Å². The van der Waals surface area contributed by atoms with Crippen molar-refractivity contribution in [2.75, 3.05) is 0 Å². The summed E-state index contributed by atoms with van der Waals surface area (Å²) in [5, 5.41) is 1.15. The second kappa shape index (κ2) is 5.89. The monoisotopic (exact) mass is 374 g/mol. The molecule has 0 spiro atoms. The fourth-order valence-corrected chi connectivity index (χ4v) is 2.79. The minimum Gasteiger partial charge on any atom is -0.324 e. The third-order valence-electron chi connectivity index (χ3n) is 3.45. The molecule has 0 fully saturated rings. The highest BCUT2D eigenvalue weighted by atomic mass is 127. The van der Waals surface area contributed by atoms with Crippen molar-refractivity contribution in [2.45, 2.75) is 12.5 Å². The summed E-state index contributed by atoms with van der Waals surface area (Å²) in [6.45, 7) is 0. The molecule has 20 heavy (non-hydrogen) atoms. The SMILES string of the molecule is NC(Cc1ccc(I)cc1)c1cccc2ncccc12. The Hall–Kier alpha value is -1.46. The third-order valence-corrected chi connectivity index (χ3v) is 4.17. The first-order chi connectivity index (χ1) is 9.74. The molecule has 0 saturated heterocycles. The smallest absolute Gasteiger partial charge is 0.0705 e. The quantitative estimate of drug-likeness (QED) is 0.702. The Morgan fingerprint density at radius 2 is 1.80 bits per heavy atom. The van der Waals surface area contributed by atoms with Crippen LogP contribution in [0.15, 0.2) is 60.8 Å². The van der Waals surface area contributed by atoms with Crippen molar-refractivity contribution in [2.24, 2.45) is 5.73 Å². The minimum atomic E-state index is -0.0111. The van der Waals surface area contributed by atoms with E-state index in [1.807, 2.05) is 24.4 Å². The van der Waals surface area contributed by atoms with Crippen LogP contribution in [-0.4, -0.2) is 4.98 Å². The maximum Gasteiger partial charge on any atom is 0.0705 e. The Bertz CT molecular complexity index is 717. The van der Waals surface area contributed by atoms with Crippen LogP contribution in [0, 0.1) is 3.57 Å². The van der Waals surface area contributed by atoms with E-state index in [4.69, 9.17) is 5.73 Å². The third kappa shape index (κ3) is 2.83. The molecule has 3 aromatic rings. The topological polar surface area (TPSA) is 38.9 Å². The van der Waals surface area contributed by atoms with Crippen LogP contribution in [0.1, 0.15) is 17.2 Å². The number of nitrogens with zero attached hydrogens (tertiary/aromatic N) is 1. The molecule has 0 bridgehead atoms. The molecule has 0 amide bonds. The number of fused-ring (bicyclic) bond motifs is 1. The van der Waals surface area contributed by atoms with Gasteiger partial charge in [0.25, 0.3) is 0 Å². The number of nitrogens with two attached hydrogens (primary N) is 1. The normalized spacial score (nSPS) is 12.5. The van der Waals surface area contributed by atoms with E-state index < -0.39 is 0 Å². The lowest BCUT2D eigenvalue weighted by atomic mass is 9.96. The Morgan fingerprint density at radius 3 is 2.60 bits per heavy atom. The number of benzene rings is 2. The van der Waals surface area contributed by atoms with Crippen LogP contribution in [0.25, 0.3) is 10.9 Å². The summed E-state index contributed by atoms with van der Waals surface area (Å²) in [4.78, 5) is 4.39. The van der Waals surface area contributed by atoms with Gasteiger partial charge in [-0.05, 0) is 64.4 Å². The summed E-state index contributed by atoms with van der Waals surface area (Å²) in [7, 11) is 0. The van der Waals surface area contributed by atoms with Crippen LogP contribution in [0.4, 0.5) is 0 Å². The number of pyridine rings is 1. The van der Waals surface area contributed by atoms with Crippen molar-refractivity contribution in [3.63, 3.8) is 0 Å². The van der Waals surface area contributed by atoms with Crippen molar-refractivity contribution in [1.82, 2.24) is 4.98 Å². The predicted molar refractivity (Wildman–Crippen MR) is 91.5 cm³/mol. The van der Waals surface area contributed by atoms with Crippen LogP contribution in [0.5, 0.6) is 0 Å². The van der Waals surface area contributed by atoms with Crippen molar-refractivity contribution >= 4 is 33.5 Å². The molecule has 0 aliphatic rings. The van der Waals surface area contributed by atoms with Gasteiger partial charge in [-0.1, -0.05) is 30.3 Å². The molecule has 2 aromatic carbocycles. The maximum absolute atomic E-state index is 6.40. The average Bonchev–Trinajstić information content (AvgIpc) is 2.49. The van der Waals surface area contributed by atoms with Crippen molar-refractivity contribution in [3.8, 4) is 0 Å². The van der Waals surface area contributed by atoms with E-state index in [1.54, 1.807) is 0 Å². The van der Waals surface area contributed by atoms with Crippen LogP contribution < -0.4 is 5.73 Å². The molecule has 3 rings (SSSR count). The Balaban J connectivity index is 1.92. The highest BCUT2D eigenvalue weighted by Gasteiger charge is 2.10. The Morgan fingerprint density at radius 1 is 1.00 bits per heavy atom. The Kier molecular flexibility index (Phi) is 3.98. The maximum atomic E-state index is 6.40. The molecule has 0 radical (unpaired) electrons. The van der Waals surface area contributed by atoms with Crippen LogP contribution in [0.3, 0.4) is 0 Å². The van der Waals surface area contributed by atoms with Crippen LogP contribution in [-0.2, 0) is 6.42 Å². The lowest BCUT2D eigenvalue weighted by molar-refractivity contribution is 0.728. The zero-order chi connectivity index (χ0) is 13.9. The molecule has 2 N–H and O–H groups in total. The number of halogens is 1. The van der Waals surface area contributed by atoms with E-state index in [0.717, 1.165) is 22.9 Å².